The summed E-state index contributed by atoms with van der Waals surface area (Å²) >= 11 is 0. The van der Waals surface area contributed by atoms with Gasteiger partial charge in [-0.15, -0.1) is 0 Å². The van der Waals surface area contributed by atoms with Crippen LogP contribution >= 0.6 is 0 Å². The number of hydrogen-bond acceptors (Lipinski definition) is 4. The van der Waals surface area contributed by atoms with Crippen LogP contribution in [-0.4, -0.2) is 60.9 Å². The van der Waals surface area contributed by atoms with Crippen molar-refractivity contribution in [2.24, 2.45) is 0 Å². The minimum atomic E-state index is 0.0612. The predicted molar refractivity (Wildman–Crippen MR) is 133 cm³/mol. The molecule has 0 aromatic heterocycles. The third-order valence-electron chi connectivity index (χ3n) is 7.08. The molecule has 2 aromatic rings. The molecule has 0 unspecified atom stereocenters. The monoisotopic (exact) mass is 446 g/mol. The Labute approximate surface area is 196 Å². The summed E-state index contributed by atoms with van der Waals surface area (Å²) in [6, 6.07) is 12.4. The van der Waals surface area contributed by atoms with E-state index < -0.39 is 0 Å². The zero-order chi connectivity index (χ0) is 22.6. The Morgan fingerprint density at radius 1 is 0.636 bits per heavy atom. The summed E-state index contributed by atoms with van der Waals surface area (Å²) in [5.41, 5.74) is 6.59. The molecule has 0 spiro atoms. The minimum Gasteiger partial charge on any atom is -0.325 e. The summed E-state index contributed by atoms with van der Waals surface area (Å²) in [5, 5.41) is 6.16. The molecule has 0 saturated carbocycles. The van der Waals surface area contributed by atoms with Crippen LogP contribution < -0.4 is 10.6 Å². The van der Waals surface area contributed by atoms with E-state index in [4.69, 9.17) is 0 Å². The van der Waals surface area contributed by atoms with E-state index in [0.717, 1.165) is 44.0 Å². The second-order valence-corrected chi connectivity index (χ2v) is 9.69. The first-order valence-corrected chi connectivity index (χ1v) is 12.4. The number of nitrogens with one attached hydrogen (secondary N) is 2. The average molecular weight is 447 g/mol. The van der Waals surface area contributed by atoms with Crippen LogP contribution in [0.3, 0.4) is 0 Å². The van der Waals surface area contributed by atoms with Gasteiger partial charge in [0.25, 0.3) is 0 Å². The van der Waals surface area contributed by atoms with E-state index in [-0.39, 0.29) is 11.8 Å². The highest BCUT2D eigenvalue weighted by Gasteiger charge is 2.21. The molecule has 2 amide bonds. The first kappa shape index (κ1) is 22.1. The Kier molecular flexibility index (Phi) is 6.74. The Morgan fingerprint density at radius 3 is 1.48 bits per heavy atom. The molecule has 33 heavy (non-hydrogen) atoms. The van der Waals surface area contributed by atoms with E-state index >= 15 is 0 Å². The number of likely N-dealkylation sites (tertiary alicyclic amines) is 2. The highest BCUT2D eigenvalue weighted by atomic mass is 16.2. The van der Waals surface area contributed by atoms with E-state index in [0.29, 0.717) is 13.1 Å². The topological polar surface area (TPSA) is 64.7 Å². The first-order valence-electron chi connectivity index (χ1n) is 12.4. The van der Waals surface area contributed by atoms with E-state index in [1.54, 1.807) is 0 Å². The maximum absolute atomic E-state index is 12.5. The van der Waals surface area contributed by atoms with Crippen LogP contribution in [0.25, 0.3) is 11.1 Å². The highest BCUT2D eigenvalue weighted by molar-refractivity contribution is 5.94. The third kappa shape index (κ3) is 5.45. The molecule has 2 aromatic carbocycles. The van der Waals surface area contributed by atoms with Gasteiger partial charge in [0.15, 0.2) is 0 Å². The van der Waals surface area contributed by atoms with E-state index in [1.165, 1.54) is 60.8 Å². The molecule has 5 rings (SSSR count). The second-order valence-electron chi connectivity index (χ2n) is 9.69. The van der Waals surface area contributed by atoms with Crippen LogP contribution in [0.1, 0.15) is 49.7 Å². The van der Waals surface area contributed by atoms with Crippen LogP contribution in [0, 0.1) is 0 Å². The second kappa shape index (κ2) is 10.1. The molecule has 2 heterocycles. The van der Waals surface area contributed by atoms with Gasteiger partial charge in [-0.1, -0.05) is 25.0 Å². The minimum absolute atomic E-state index is 0.0612. The van der Waals surface area contributed by atoms with Gasteiger partial charge in [0, 0.05) is 11.4 Å². The third-order valence-corrected chi connectivity index (χ3v) is 7.08. The summed E-state index contributed by atoms with van der Waals surface area (Å²) in [7, 11) is 0. The number of benzene rings is 2. The summed E-state index contributed by atoms with van der Waals surface area (Å²) < 4.78 is 0. The van der Waals surface area contributed by atoms with Crippen LogP contribution in [0.5, 0.6) is 0 Å². The number of carbonyl (C=O) groups excluding carboxylic acids is 2. The van der Waals surface area contributed by atoms with Crippen molar-refractivity contribution in [3.05, 3.63) is 47.5 Å². The molecule has 0 atom stereocenters. The van der Waals surface area contributed by atoms with Gasteiger partial charge in [-0.2, -0.15) is 0 Å². The number of amides is 2. The first-order chi connectivity index (χ1) is 16.1. The van der Waals surface area contributed by atoms with Crippen molar-refractivity contribution in [2.45, 2.75) is 44.9 Å². The summed E-state index contributed by atoms with van der Waals surface area (Å²) in [5.74, 6) is 0.122. The maximum Gasteiger partial charge on any atom is 0.238 e. The van der Waals surface area contributed by atoms with Crippen LogP contribution in [0.2, 0.25) is 0 Å². The molecule has 0 radical (unpaired) electrons. The van der Waals surface area contributed by atoms with Gasteiger partial charge in [0.2, 0.25) is 11.8 Å². The van der Waals surface area contributed by atoms with Gasteiger partial charge in [-0.05, 0) is 105 Å². The lowest BCUT2D eigenvalue weighted by Crippen LogP contribution is -2.36. The molecule has 3 aliphatic rings. The number of anilines is 2. The van der Waals surface area contributed by atoms with Crippen molar-refractivity contribution in [2.75, 3.05) is 49.9 Å². The van der Waals surface area contributed by atoms with Crippen molar-refractivity contribution < 1.29 is 9.59 Å². The number of piperidine rings is 2. The van der Waals surface area contributed by atoms with Gasteiger partial charge in [0.05, 0.1) is 13.1 Å². The SMILES string of the molecule is O=C(CN1CCCCC1)Nc1ccc2c(c1)Cc1cc(NC(=O)CN3CCCCC3)ccc1-2. The Bertz CT molecular complexity index is 941. The molecule has 6 nitrogen and oxygen atoms in total. The lowest BCUT2D eigenvalue weighted by molar-refractivity contribution is -0.118. The number of fused-ring (bicyclic) bond motifs is 3. The van der Waals surface area contributed by atoms with Gasteiger partial charge >= 0.3 is 0 Å². The van der Waals surface area contributed by atoms with E-state index in [2.05, 4.69) is 44.7 Å². The molecule has 2 saturated heterocycles. The fourth-order valence-corrected chi connectivity index (χ4v) is 5.41. The van der Waals surface area contributed by atoms with Crippen molar-refractivity contribution in [1.29, 1.82) is 0 Å². The largest absolute Gasteiger partial charge is 0.325 e. The lowest BCUT2D eigenvalue weighted by atomic mass is 10.0. The zero-order valence-corrected chi connectivity index (χ0v) is 19.4. The Morgan fingerprint density at radius 2 is 1.06 bits per heavy atom. The normalized spacial score (nSPS) is 18.4. The Balaban J connectivity index is 1.19. The smallest absolute Gasteiger partial charge is 0.238 e. The molecule has 2 aliphatic heterocycles. The lowest BCUT2D eigenvalue weighted by Gasteiger charge is -2.25. The average Bonchev–Trinajstić information content (AvgIpc) is 3.17. The van der Waals surface area contributed by atoms with Crippen LogP contribution in [0.4, 0.5) is 11.4 Å². The van der Waals surface area contributed by atoms with Gasteiger partial charge in [-0.3, -0.25) is 19.4 Å². The number of carbonyl (C=O) groups is 2. The predicted octanol–water partition coefficient (Wildman–Crippen LogP) is 4.11. The molecule has 2 N–H and O–H groups in total. The van der Waals surface area contributed by atoms with E-state index in [9.17, 15) is 9.59 Å². The van der Waals surface area contributed by atoms with Crippen LogP contribution in [0.15, 0.2) is 36.4 Å². The quantitative estimate of drug-likeness (QED) is 0.598. The van der Waals surface area contributed by atoms with Crippen molar-refractivity contribution in [3.8, 4) is 11.1 Å². The standard InChI is InChI=1S/C27H34N4O2/c32-26(18-30-11-3-1-4-12-30)28-22-7-9-24-20(16-22)15-21-17-23(8-10-25(21)24)29-27(33)19-31-13-5-2-6-14-31/h7-10,16-17H,1-6,11-15,18-19H2,(H,28,32)(H,29,33). The highest BCUT2D eigenvalue weighted by Crippen LogP contribution is 2.39. The maximum atomic E-state index is 12.5. The molecule has 174 valence electrons. The van der Waals surface area contributed by atoms with Crippen LogP contribution in [-0.2, 0) is 16.0 Å². The van der Waals surface area contributed by atoms with Crippen molar-refractivity contribution >= 4 is 23.2 Å². The summed E-state index contributed by atoms with van der Waals surface area (Å²) in [6.45, 7) is 5.01. The molecule has 1 aliphatic carbocycles. The molecule has 2 fully saturated rings. The summed E-state index contributed by atoms with van der Waals surface area (Å²) in [4.78, 5) is 29.5. The summed E-state index contributed by atoms with van der Waals surface area (Å²) in [6.07, 6.45) is 8.10. The van der Waals surface area contributed by atoms with E-state index in [1.807, 2.05) is 12.1 Å². The molecule has 0 bridgehead atoms. The fourth-order valence-electron chi connectivity index (χ4n) is 5.41. The zero-order valence-electron chi connectivity index (χ0n) is 19.4. The number of hydrogen-bond donors (Lipinski definition) is 2. The van der Waals surface area contributed by atoms with Gasteiger partial charge in [-0.25, -0.2) is 0 Å². The molecule has 6 heteroatoms. The molecular weight excluding hydrogens is 412 g/mol. The van der Waals surface area contributed by atoms with Crippen molar-refractivity contribution in [3.63, 3.8) is 0 Å². The number of nitrogens with zero attached hydrogens (tertiary/aromatic N) is 2. The molecular formula is C27H34N4O2. The van der Waals surface area contributed by atoms with Crippen molar-refractivity contribution in [1.82, 2.24) is 9.80 Å². The fraction of sp³-hybridized carbons (Fsp3) is 0.481. The number of rotatable bonds is 6. The van der Waals surface area contributed by atoms with Gasteiger partial charge < -0.3 is 10.6 Å². The van der Waals surface area contributed by atoms with Gasteiger partial charge in [0.1, 0.15) is 0 Å². The Hall–Kier alpha value is -2.70.